The number of allylic oxidation sites excluding steroid dienone is 15. The number of unbranched alkanes of at least 4 members (excludes halogenated alkanes) is 18. The highest BCUT2D eigenvalue weighted by Crippen LogP contribution is 2.12. The van der Waals surface area contributed by atoms with Crippen LogP contribution in [0.1, 0.15) is 213 Å². The van der Waals surface area contributed by atoms with E-state index in [4.69, 9.17) is 14.2 Å². The van der Waals surface area contributed by atoms with E-state index in [9.17, 15) is 9.59 Å². The molecule has 0 saturated heterocycles. The standard InChI is InChI=1S/C55H92O5/c1-4-7-10-13-16-19-22-24-26-27-28-30-32-35-38-41-44-47-50-58-51-53(60-55(57)49-46-43-40-37-33-21-18-15-12-9-6-3)52-59-54(56)48-45-42-39-36-34-31-29-25-23-20-17-14-11-8-5-2/h8,11,15-20,24-26,29,34,36,42,45,53H,4-7,9-10,12-14,21-23,27-28,30-33,35,37-41,43-44,46-52H2,1-3H3/b11-8-,18-15-,19-16-,20-17-,26-24-,29-25-,36-34-,45-42-. The zero-order valence-electron chi connectivity index (χ0n) is 39.2. The Morgan fingerprint density at radius 1 is 0.400 bits per heavy atom. The molecule has 0 heterocycles. The average Bonchev–Trinajstić information content (AvgIpc) is 3.25. The van der Waals surface area contributed by atoms with Crippen LogP contribution in [0.4, 0.5) is 0 Å². The van der Waals surface area contributed by atoms with Crippen molar-refractivity contribution in [3.05, 3.63) is 97.2 Å². The molecule has 0 spiro atoms. The number of ether oxygens (including phenoxy) is 3. The van der Waals surface area contributed by atoms with Crippen LogP contribution in [0, 0.1) is 0 Å². The van der Waals surface area contributed by atoms with Crippen LogP contribution >= 0.6 is 0 Å². The van der Waals surface area contributed by atoms with Gasteiger partial charge in [0.2, 0.25) is 0 Å². The molecule has 0 bridgehead atoms. The van der Waals surface area contributed by atoms with Gasteiger partial charge in [0.05, 0.1) is 13.0 Å². The van der Waals surface area contributed by atoms with Gasteiger partial charge >= 0.3 is 11.9 Å². The smallest absolute Gasteiger partial charge is 0.309 e. The predicted octanol–water partition coefficient (Wildman–Crippen LogP) is 16.7. The minimum atomic E-state index is -0.587. The minimum absolute atomic E-state index is 0.0209. The van der Waals surface area contributed by atoms with Crippen molar-refractivity contribution in [2.24, 2.45) is 0 Å². The molecule has 0 rings (SSSR count). The molecule has 60 heavy (non-hydrogen) atoms. The lowest BCUT2D eigenvalue weighted by Gasteiger charge is -2.18. The van der Waals surface area contributed by atoms with E-state index in [2.05, 4.69) is 106 Å². The Morgan fingerprint density at radius 3 is 1.35 bits per heavy atom. The Labute approximate surface area is 371 Å². The summed E-state index contributed by atoms with van der Waals surface area (Å²) in [4.78, 5) is 25.2. The molecule has 0 saturated carbocycles. The van der Waals surface area contributed by atoms with Crippen LogP contribution in [0.5, 0.6) is 0 Å². The molecule has 5 heteroatoms. The normalized spacial score (nSPS) is 13.1. The van der Waals surface area contributed by atoms with E-state index in [1.807, 2.05) is 12.2 Å². The predicted molar refractivity (Wildman–Crippen MR) is 260 cm³/mol. The minimum Gasteiger partial charge on any atom is -0.461 e. The van der Waals surface area contributed by atoms with E-state index < -0.39 is 6.10 Å². The second kappa shape index (κ2) is 50.2. The maximum Gasteiger partial charge on any atom is 0.309 e. The summed E-state index contributed by atoms with van der Waals surface area (Å²) in [6.07, 6.45) is 67.2. The lowest BCUT2D eigenvalue weighted by atomic mass is 10.1. The zero-order chi connectivity index (χ0) is 43.5. The van der Waals surface area contributed by atoms with Crippen molar-refractivity contribution in [1.82, 2.24) is 0 Å². The molecule has 1 unspecified atom stereocenters. The highest BCUT2D eigenvalue weighted by molar-refractivity contribution is 5.71. The molecule has 0 aromatic rings. The monoisotopic (exact) mass is 833 g/mol. The van der Waals surface area contributed by atoms with Crippen LogP contribution < -0.4 is 0 Å². The van der Waals surface area contributed by atoms with Crippen LogP contribution in [0.25, 0.3) is 0 Å². The number of carbonyl (C=O) groups is 2. The van der Waals surface area contributed by atoms with E-state index in [0.29, 0.717) is 13.0 Å². The fraction of sp³-hybridized carbons (Fsp3) is 0.673. The summed E-state index contributed by atoms with van der Waals surface area (Å²) < 4.78 is 17.2. The Kier molecular flexibility index (Phi) is 47.5. The van der Waals surface area contributed by atoms with E-state index in [0.717, 1.165) is 77.0 Å². The SMILES string of the molecule is CC/C=C\C/C=C\C/C=C\C/C=C\C/C=C\CC(=O)OCC(COCCCCCCCCCC/C=C\C/C=C\CCCCC)OC(=O)CCCCCCC/C=C\CCCC. The van der Waals surface area contributed by atoms with Crippen molar-refractivity contribution in [3.8, 4) is 0 Å². The molecule has 0 fully saturated rings. The van der Waals surface area contributed by atoms with Gasteiger partial charge in [0.15, 0.2) is 6.10 Å². The van der Waals surface area contributed by atoms with Crippen molar-refractivity contribution >= 4 is 11.9 Å². The van der Waals surface area contributed by atoms with Crippen LogP contribution in [0.15, 0.2) is 97.2 Å². The first-order chi connectivity index (χ1) is 29.6. The number of rotatable bonds is 44. The summed E-state index contributed by atoms with van der Waals surface area (Å²) >= 11 is 0. The molecule has 0 aromatic carbocycles. The van der Waals surface area contributed by atoms with Gasteiger partial charge in [-0.15, -0.1) is 0 Å². The van der Waals surface area contributed by atoms with E-state index in [1.165, 1.54) is 103 Å². The van der Waals surface area contributed by atoms with Gasteiger partial charge in [0.25, 0.3) is 0 Å². The Balaban J connectivity index is 4.38. The van der Waals surface area contributed by atoms with Crippen molar-refractivity contribution < 1.29 is 23.8 Å². The van der Waals surface area contributed by atoms with Gasteiger partial charge in [-0.05, 0) is 96.3 Å². The zero-order valence-corrected chi connectivity index (χ0v) is 39.2. The number of hydrogen-bond donors (Lipinski definition) is 0. The molecule has 0 amide bonds. The first-order valence-electron chi connectivity index (χ1n) is 24.8. The lowest BCUT2D eigenvalue weighted by molar-refractivity contribution is -0.162. The number of hydrogen-bond acceptors (Lipinski definition) is 5. The largest absolute Gasteiger partial charge is 0.461 e. The fourth-order valence-corrected chi connectivity index (χ4v) is 6.42. The van der Waals surface area contributed by atoms with Gasteiger partial charge in [0.1, 0.15) is 6.61 Å². The van der Waals surface area contributed by atoms with Crippen LogP contribution in [-0.4, -0.2) is 37.9 Å². The van der Waals surface area contributed by atoms with Crippen molar-refractivity contribution in [1.29, 1.82) is 0 Å². The summed E-state index contributed by atoms with van der Waals surface area (Å²) in [5.74, 6) is -0.562. The van der Waals surface area contributed by atoms with Gasteiger partial charge in [-0.2, -0.15) is 0 Å². The van der Waals surface area contributed by atoms with Crippen LogP contribution in [-0.2, 0) is 23.8 Å². The van der Waals surface area contributed by atoms with Crippen LogP contribution in [0.3, 0.4) is 0 Å². The third-order valence-corrected chi connectivity index (χ3v) is 10.1. The summed E-state index contributed by atoms with van der Waals surface area (Å²) in [6, 6.07) is 0. The first-order valence-corrected chi connectivity index (χ1v) is 24.8. The molecule has 1 atom stereocenters. The molecule has 5 nitrogen and oxygen atoms in total. The summed E-state index contributed by atoms with van der Waals surface area (Å²) in [5.41, 5.74) is 0. The molecule has 0 aliphatic carbocycles. The van der Waals surface area contributed by atoms with E-state index >= 15 is 0 Å². The van der Waals surface area contributed by atoms with Gasteiger partial charge in [-0.25, -0.2) is 0 Å². The van der Waals surface area contributed by atoms with Gasteiger partial charge < -0.3 is 14.2 Å². The maximum absolute atomic E-state index is 12.7. The molecule has 0 aliphatic heterocycles. The van der Waals surface area contributed by atoms with Gasteiger partial charge in [0, 0.05) is 13.0 Å². The summed E-state index contributed by atoms with van der Waals surface area (Å²) in [6.45, 7) is 7.51. The average molecular weight is 833 g/mol. The van der Waals surface area contributed by atoms with E-state index in [-0.39, 0.29) is 31.6 Å². The fourth-order valence-electron chi connectivity index (χ4n) is 6.42. The highest BCUT2D eigenvalue weighted by Gasteiger charge is 2.17. The number of carbonyl (C=O) groups excluding carboxylic acids is 2. The van der Waals surface area contributed by atoms with Crippen LogP contribution in [0.2, 0.25) is 0 Å². The van der Waals surface area contributed by atoms with Gasteiger partial charge in [-0.3, -0.25) is 9.59 Å². The van der Waals surface area contributed by atoms with Gasteiger partial charge in [-0.1, -0.05) is 201 Å². The second-order valence-corrected chi connectivity index (χ2v) is 16.0. The summed E-state index contributed by atoms with van der Waals surface area (Å²) in [7, 11) is 0. The van der Waals surface area contributed by atoms with E-state index in [1.54, 1.807) is 0 Å². The molecule has 342 valence electrons. The third-order valence-electron chi connectivity index (χ3n) is 10.1. The highest BCUT2D eigenvalue weighted by atomic mass is 16.6. The third kappa shape index (κ3) is 47.5. The lowest BCUT2D eigenvalue weighted by Crippen LogP contribution is -2.30. The number of esters is 2. The first kappa shape index (κ1) is 56.8. The molecular formula is C55H92O5. The quantitative estimate of drug-likeness (QED) is 0.0348. The second-order valence-electron chi connectivity index (χ2n) is 16.0. The topological polar surface area (TPSA) is 61.8 Å². The molecule has 0 aromatic heterocycles. The Bertz CT molecular complexity index is 1170. The molecular weight excluding hydrogens is 741 g/mol. The Morgan fingerprint density at radius 2 is 0.817 bits per heavy atom. The van der Waals surface area contributed by atoms with Crippen molar-refractivity contribution in [3.63, 3.8) is 0 Å². The summed E-state index contributed by atoms with van der Waals surface area (Å²) in [5, 5.41) is 0. The van der Waals surface area contributed by atoms with Crippen molar-refractivity contribution in [2.45, 2.75) is 219 Å². The molecule has 0 N–H and O–H groups in total. The molecule has 0 aliphatic rings. The van der Waals surface area contributed by atoms with Crippen molar-refractivity contribution in [2.75, 3.05) is 19.8 Å². The Hall–Kier alpha value is -3.18. The maximum atomic E-state index is 12.7. The molecule has 0 radical (unpaired) electrons.